The van der Waals surface area contributed by atoms with Crippen molar-refractivity contribution in [1.82, 2.24) is 10.2 Å². The molecule has 0 unspecified atom stereocenters. The molecule has 1 saturated heterocycles. The van der Waals surface area contributed by atoms with E-state index in [1.807, 2.05) is 18.7 Å². The number of amides is 2. The average Bonchev–Trinajstić information content (AvgIpc) is 3.31. The normalized spacial score (nSPS) is 22.1. The molecule has 0 aromatic rings. The molecule has 0 aromatic heterocycles. The number of carbonyl (C=O) groups is 2. The number of nitrogens with zero attached hydrogens (tertiary/aromatic N) is 1. The van der Waals surface area contributed by atoms with Crippen LogP contribution in [0.15, 0.2) is 0 Å². The van der Waals surface area contributed by atoms with E-state index in [0.29, 0.717) is 39.0 Å². The number of nitrogens with one attached hydrogen (secondary N) is 1. The van der Waals surface area contributed by atoms with E-state index in [-0.39, 0.29) is 11.8 Å². The van der Waals surface area contributed by atoms with Gasteiger partial charge in [0.2, 0.25) is 11.8 Å². The minimum Gasteiger partial charge on any atom is -0.381 e. The van der Waals surface area contributed by atoms with E-state index in [1.165, 1.54) is 12.8 Å². The van der Waals surface area contributed by atoms with Gasteiger partial charge in [0.1, 0.15) is 5.54 Å². The van der Waals surface area contributed by atoms with Crippen LogP contribution >= 0.6 is 0 Å². The minimum absolute atomic E-state index is 0.0143. The second-order valence-electron chi connectivity index (χ2n) is 6.25. The largest absolute Gasteiger partial charge is 0.381 e. The fraction of sp³-hybridized carbons (Fsp3) is 0.875. The van der Waals surface area contributed by atoms with Gasteiger partial charge in [-0.3, -0.25) is 9.59 Å². The van der Waals surface area contributed by atoms with Crippen LogP contribution in [0.3, 0.4) is 0 Å². The van der Waals surface area contributed by atoms with Crippen molar-refractivity contribution in [1.29, 1.82) is 0 Å². The van der Waals surface area contributed by atoms with Crippen LogP contribution in [0.4, 0.5) is 0 Å². The summed E-state index contributed by atoms with van der Waals surface area (Å²) in [6.45, 7) is 6.69. The Balaban J connectivity index is 1.84. The summed E-state index contributed by atoms with van der Waals surface area (Å²) in [6, 6.07) is 0. The summed E-state index contributed by atoms with van der Waals surface area (Å²) >= 11 is 0. The monoisotopic (exact) mass is 296 g/mol. The van der Waals surface area contributed by atoms with Crippen molar-refractivity contribution in [3.8, 4) is 0 Å². The predicted molar refractivity (Wildman–Crippen MR) is 80.8 cm³/mol. The molecular weight excluding hydrogens is 268 g/mol. The zero-order chi connectivity index (χ0) is 15.3. The molecule has 0 radical (unpaired) electrons. The summed E-state index contributed by atoms with van der Waals surface area (Å²) < 4.78 is 5.62. The fourth-order valence-corrected chi connectivity index (χ4v) is 2.86. The predicted octanol–water partition coefficient (Wildman–Crippen LogP) is 1.71. The molecule has 0 aromatic carbocycles. The van der Waals surface area contributed by atoms with E-state index in [4.69, 9.17) is 4.74 Å². The molecule has 2 fully saturated rings. The molecule has 21 heavy (non-hydrogen) atoms. The summed E-state index contributed by atoms with van der Waals surface area (Å²) in [6.07, 6.45) is 5.12. The molecule has 1 saturated carbocycles. The Kier molecular flexibility index (Phi) is 5.62. The highest BCUT2D eigenvalue weighted by atomic mass is 16.5. The van der Waals surface area contributed by atoms with Crippen LogP contribution in [-0.4, -0.2) is 48.6 Å². The lowest BCUT2D eigenvalue weighted by molar-refractivity contribution is -0.139. The first-order chi connectivity index (χ1) is 10.1. The van der Waals surface area contributed by atoms with Crippen LogP contribution in [0.2, 0.25) is 0 Å². The van der Waals surface area contributed by atoms with Crippen molar-refractivity contribution < 1.29 is 14.3 Å². The number of hydrogen-bond acceptors (Lipinski definition) is 3. The molecular formula is C16H28N2O3. The third-order valence-corrected chi connectivity index (χ3v) is 4.66. The molecule has 2 rings (SSSR count). The van der Waals surface area contributed by atoms with Gasteiger partial charge in [0.15, 0.2) is 0 Å². The number of carbonyl (C=O) groups excluding carboxylic acids is 2. The zero-order valence-corrected chi connectivity index (χ0v) is 13.3. The van der Waals surface area contributed by atoms with Crippen molar-refractivity contribution in [2.45, 2.75) is 57.9 Å². The Morgan fingerprint density at radius 1 is 1.29 bits per heavy atom. The lowest BCUT2D eigenvalue weighted by Gasteiger charge is -2.33. The van der Waals surface area contributed by atoms with Crippen molar-refractivity contribution in [2.75, 3.05) is 26.3 Å². The molecule has 0 atom stereocenters. The molecule has 2 amide bonds. The third-order valence-electron chi connectivity index (χ3n) is 4.66. The Morgan fingerprint density at radius 2 is 2.00 bits per heavy atom. The Labute approximate surface area is 127 Å². The molecule has 1 N–H and O–H groups in total. The lowest BCUT2D eigenvalue weighted by atomic mass is 9.91. The highest BCUT2D eigenvalue weighted by molar-refractivity contribution is 5.93. The van der Waals surface area contributed by atoms with Crippen molar-refractivity contribution in [2.24, 2.45) is 5.92 Å². The van der Waals surface area contributed by atoms with Gasteiger partial charge in [-0.2, -0.15) is 0 Å². The third kappa shape index (κ3) is 4.19. The van der Waals surface area contributed by atoms with Crippen LogP contribution in [0, 0.1) is 5.92 Å². The van der Waals surface area contributed by atoms with Crippen LogP contribution in [0.5, 0.6) is 0 Å². The molecule has 1 heterocycles. The second kappa shape index (κ2) is 7.25. The Morgan fingerprint density at radius 3 is 2.62 bits per heavy atom. The van der Waals surface area contributed by atoms with Gasteiger partial charge >= 0.3 is 0 Å². The van der Waals surface area contributed by atoms with Crippen molar-refractivity contribution in [3.05, 3.63) is 0 Å². The summed E-state index contributed by atoms with van der Waals surface area (Å²) in [5.74, 6) is 0.833. The SMILES string of the molecule is CCC1(CC)NC(=O)CCN(CCCOCC2CC2)C1=O. The first-order valence-electron chi connectivity index (χ1n) is 8.29. The molecule has 120 valence electrons. The van der Waals surface area contributed by atoms with E-state index in [2.05, 4.69) is 5.32 Å². The van der Waals surface area contributed by atoms with Crippen LogP contribution in [0.1, 0.15) is 52.4 Å². The smallest absolute Gasteiger partial charge is 0.248 e. The minimum atomic E-state index is -0.706. The van der Waals surface area contributed by atoms with Gasteiger partial charge in [-0.05, 0) is 38.0 Å². The highest BCUT2D eigenvalue weighted by Crippen LogP contribution is 2.28. The van der Waals surface area contributed by atoms with Crippen molar-refractivity contribution >= 4 is 11.8 Å². The first kappa shape index (κ1) is 16.3. The standard InChI is InChI=1S/C16H28N2O3/c1-3-16(4-2)15(20)18(10-8-14(19)17-16)9-5-11-21-12-13-6-7-13/h13H,3-12H2,1-2H3,(H,17,19). The Hall–Kier alpha value is -1.10. The van der Waals surface area contributed by atoms with E-state index < -0.39 is 5.54 Å². The van der Waals surface area contributed by atoms with Gasteiger partial charge in [-0.25, -0.2) is 0 Å². The molecule has 2 aliphatic rings. The summed E-state index contributed by atoms with van der Waals surface area (Å²) in [5, 5.41) is 2.93. The van der Waals surface area contributed by atoms with E-state index in [0.717, 1.165) is 18.9 Å². The molecule has 0 bridgehead atoms. The Bertz CT molecular complexity index is 376. The van der Waals surface area contributed by atoms with Gasteiger partial charge in [-0.15, -0.1) is 0 Å². The lowest BCUT2D eigenvalue weighted by Crippen LogP contribution is -2.56. The van der Waals surface area contributed by atoms with Gasteiger partial charge in [-0.1, -0.05) is 13.8 Å². The first-order valence-corrected chi connectivity index (χ1v) is 8.29. The number of hydrogen-bond donors (Lipinski definition) is 1. The van der Waals surface area contributed by atoms with Gasteiger partial charge in [0.05, 0.1) is 0 Å². The molecule has 0 spiro atoms. The molecule has 1 aliphatic carbocycles. The summed E-state index contributed by atoms with van der Waals surface area (Å²) in [5.41, 5.74) is -0.706. The second-order valence-corrected chi connectivity index (χ2v) is 6.25. The molecule has 5 nitrogen and oxygen atoms in total. The van der Waals surface area contributed by atoms with Crippen LogP contribution in [-0.2, 0) is 14.3 Å². The average molecular weight is 296 g/mol. The van der Waals surface area contributed by atoms with E-state index in [9.17, 15) is 9.59 Å². The van der Waals surface area contributed by atoms with E-state index >= 15 is 0 Å². The maximum atomic E-state index is 12.7. The summed E-state index contributed by atoms with van der Waals surface area (Å²) in [7, 11) is 0. The topological polar surface area (TPSA) is 58.6 Å². The summed E-state index contributed by atoms with van der Waals surface area (Å²) in [4.78, 5) is 26.4. The number of rotatable bonds is 8. The number of ether oxygens (including phenoxy) is 1. The fourth-order valence-electron chi connectivity index (χ4n) is 2.86. The van der Waals surface area contributed by atoms with E-state index in [1.54, 1.807) is 0 Å². The maximum Gasteiger partial charge on any atom is 0.248 e. The molecule has 1 aliphatic heterocycles. The van der Waals surface area contributed by atoms with Crippen LogP contribution in [0.25, 0.3) is 0 Å². The maximum absolute atomic E-state index is 12.7. The van der Waals surface area contributed by atoms with Gasteiger partial charge in [0, 0.05) is 32.7 Å². The quantitative estimate of drug-likeness (QED) is 0.694. The molecule has 5 heteroatoms. The highest BCUT2D eigenvalue weighted by Gasteiger charge is 2.41. The van der Waals surface area contributed by atoms with Gasteiger partial charge in [0.25, 0.3) is 0 Å². The van der Waals surface area contributed by atoms with Crippen molar-refractivity contribution in [3.63, 3.8) is 0 Å². The zero-order valence-electron chi connectivity index (χ0n) is 13.3. The van der Waals surface area contributed by atoms with Gasteiger partial charge < -0.3 is 15.0 Å². The van der Waals surface area contributed by atoms with Crippen LogP contribution < -0.4 is 5.32 Å².